The molecule has 0 aliphatic heterocycles. The molecule has 0 spiro atoms. The van der Waals surface area contributed by atoms with Crippen molar-refractivity contribution >= 4 is 42.6 Å². The van der Waals surface area contributed by atoms with E-state index < -0.39 is 9.84 Å². The molecule has 0 radical (unpaired) electrons. The summed E-state index contributed by atoms with van der Waals surface area (Å²) in [6.45, 7) is 0.308. The fourth-order valence-corrected chi connectivity index (χ4v) is 3.01. The molecule has 0 bridgehead atoms. The second-order valence-electron chi connectivity index (χ2n) is 5.12. The van der Waals surface area contributed by atoms with Crippen LogP contribution in [0, 0.1) is 0 Å². The number of hydrogen-bond donors (Lipinski definition) is 1. The molecule has 6 nitrogen and oxygen atoms in total. The van der Waals surface area contributed by atoms with Crippen molar-refractivity contribution in [3.05, 3.63) is 41.3 Å². The minimum atomic E-state index is -2.99. The van der Waals surface area contributed by atoms with Gasteiger partial charge < -0.3 is 9.73 Å². The number of furan rings is 1. The van der Waals surface area contributed by atoms with Crippen LogP contribution in [0.3, 0.4) is 0 Å². The minimum absolute atomic E-state index is 0.0588. The molecule has 120 valence electrons. The molecule has 0 aliphatic rings. The minimum Gasteiger partial charge on any atom is -0.441 e. The number of nitrogens with one attached hydrogen (secondary N) is 1. The van der Waals surface area contributed by atoms with E-state index in [0.29, 0.717) is 18.2 Å². The molecule has 0 saturated carbocycles. The number of aromatic nitrogens is 2. The van der Waals surface area contributed by atoms with Gasteiger partial charge in [-0.3, -0.25) is 0 Å². The van der Waals surface area contributed by atoms with Crippen molar-refractivity contribution in [1.82, 2.24) is 9.97 Å². The lowest BCUT2D eigenvalue weighted by Crippen LogP contribution is -2.13. The summed E-state index contributed by atoms with van der Waals surface area (Å²) in [7, 11) is -2.99. The van der Waals surface area contributed by atoms with Gasteiger partial charge in [-0.25, -0.2) is 18.4 Å². The Balaban J connectivity index is 1.81. The van der Waals surface area contributed by atoms with Crippen molar-refractivity contribution < 1.29 is 12.8 Å². The quantitative estimate of drug-likeness (QED) is 0.667. The average molecular weight is 396 g/mol. The maximum Gasteiger partial charge on any atom is 0.193 e. The van der Waals surface area contributed by atoms with Crippen LogP contribution in [0.5, 0.6) is 0 Å². The maximum absolute atomic E-state index is 11.1. The topological polar surface area (TPSA) is 85.1 Å². The summed E-state index contributed by atoms with van der Waals surface area (Å²) in [6, 6.07) is 9.37. The third kappa shape index (κ3) is 3.89. The number of halogens is 1. The van der Waals surface area contributed by atoms with Crippen LogP contribution in [0.2, 0.25) is 0 Å². The van der Waals surface area contributed by atoms with Gasteiger partial charge in [0.2, 0.25) is 0 Å². The van der Waals surface area contributed by atoms with Crippen molar-refractivity contribution in [2.45, 2.75) is 0 Å². The van der Waals surface area contributed by atoms with E-state index >= 15 is 0 Å². The summed E-state index contributed by atoms with van der Waals surface area (Å²) in [5.74, 6) is 1.28. The molecular formula is C15H14BrN3O3S. The summed E-state index contributed by atoms with van der Waals surface area (Å²) >= 11 is 3.41. The number of nitrogens with zero attached hydrogens (tertiary/aromatic N) is 2. The Morgan fingerprint density at radius 2 is 2.04 bits per heavy atom. The smallest absolute Gasteiger partial charge is 0.193 e. The van der Waals surface area contributed by atoms with Crippen LogP contribution in [-0.4, -0.2) is 36.9 Å². The number of fused-ring (bicyclic) bond motifs is 1. The van der Waals surface area contributed by atoms with Gasteiger partial charge >= 0.3 is 0 Å². The molecule has 0 amide bonds. The van der Waals surface area contributed by atoms with Crippen LogP contribution in [0.4, 0.5) is 5.88 Å². The van der Waals surface area contributed by atoms with Gasteiger partial charge in [0.25, 0.3) is 0 Å². The number of anilines is 1. The van der Waals surface area contributed by atoms with Gasteiger partial charge in [-0.2, -0.15) is 0 Å². The van der Waals surface area contributed by atoms with Crippen molar-refractivity contribution in [3.63, 3.8) is 0 Å². The van der Waals surface area contributed by atoms with Gasteiger partial charge in [0.15, 0.2) is 5.88 Å². The molecule has 1 aromatic carbocycles. The monoisotopic (exact) mass is 395 g/mol. The Kier molecular flexibility index (Phi) is 4.36. The molecule has 2 aromatic heterocycles. The normalized spacial score (nSPS) is 11.7. The van der Waals surface area contributed by atoms with Crippen LogP contribution in [0.25, 0.3) is 22.2 Å². The van der Waals surface area contributed by atoms with E-state index in [4.69, 9.17) is 4.42 Å². The first kappa shape index (κ1) is 15.9. The largest absolute Gasteiger partial charge is 0.441 e. The maximum atomic E-state index is 11.1. The van der Waals surface area contributed by atoms with Crippen molar-refractivity contribution in [2.24, 2.45) is 0 Å². The molecule has 8 heteroatoms. The van der Waals surface area contributed by atoms with E-state index in [1.807, 2.05) is 24.3 Å². The molecular weight excluding hydrogens is 382 g/mol. The van der Waals surface area contributed by atoms with E-state index in [1.165, 1.54) is 12.6 Å². The predicted molar refractivity (Wildman–Crippen MR) is 93.1 cm³/mol. The molecule has 0 aliphatic carbocycles. The van der Waals surface area contributed by atoms with Gasteiger partial charge in [-0.15, -0.1) is 0 Å². The lowest BCUT2D eigenvalue weighted by molar-refractivity contribution is 0.592. The first-order valence-corrected chi connectivity index (χ1v) is 9.70. The van der Waals surface area contributed by atoms with E-state index in [-0.39, 0.29) is 5.75 Å². The van der Waals surface area contributed by atoms with Crippen LogP contribution in [0.15, 0.2) is 45.7 Å². The van der Waals surface area contributed by atoms with Crippen LogP contribution in [-0.2, 0) is 9.84 Å². The number of sulfone groups is 1. The number of benzene rings is 1. The highest BCUT2D eigenvalue weighted by Gasteiger charge is 2.09. The molecule has 23 heavy (non-hydrogen) atoms. The Hall–Kier alpha value is -1.93. The van der Waals surface area contributed by atoms with Gasteiger partial charge in [-0.05, 0) is 40.2 Å². The molecule has 0 saturated heterocycles. The van der Waals surface area contributed by atoms with Crippen molar-refractivity contribution in [3.8, 4) is 11.3 Å². The Morgan fingerprint density at radius 1 is 1.22 bits per heavy atom. The second kappa shape index (κ2) is 6.29. The van der Waals surface area contributed by atoms with Crippen LogP contribution >= 0.6 is 15.9 Å². The SMILES string of the molecule is CS(=O)(=O)CCNc1ccc(-c2ccc3ncnc(Br)c3c2)o1. The first-order chi connectivity index (χ1) is 10.9. The highest BCUT2D eigenvalue weighted by atomic mass is 79.9. The molecule has 3 rings (SSSR count). The molecule has 0 unspecified atom stereocenters. The summed E-state index contributed by atoms with van der Waals surface area (Å²) in [5.41, 5.74) is 1.73. The summed E-state index contributed by atoms with van der Waals surface area (Å²) in [5, 5.41) is 3.86. The van der Waals surface area contributed by atoms with Crippen molar-refractivity contribution in [2.75, 3.05) is 23.9 Å². The molecule has 3 aromatic rings. The van der Waals surface area contributed by atoms with E-state index in [9.17, 15) is 8.42 Å². The molecule has 2 heterocycles. The van der Waals surface area contributed by atoms with Gasteiger partial charge in [0.1, 0.15) is 26.5 Å². The highest BCUT2D eigenvalue weighted by molar-refractivity contribution is 9.10. The Morgan fingerprint density at radius 3 is 2.83 bits per heavy atom. The van der Waals surface area contributed by atoms with Gasteiger partial charge in [0, 0.05) is 29.8 Å². The standard InChI is InChI=1S/C15H14BrN3O3S/c1-23(20,21)7-6-17-14-5-4-13(22-14)10-2-3-12-11(8-10)15(16)19-9-18-12/h2-5,8-9,17H,6-7H2,1H3. The zero-order valence-electron chi connectivity index (χ0n) is 12.3. The summed E-state index contributed by atoms with van der Waals surface area (Å²) in [4.78, 5) is 8.32. The highest BCUT2D eigenvalue weighted by Crippen LogP contribution is 2.29. The third-order valence-corrected chi connectivity index (χ3v) is 4.83. The first-order valence-electron chi connectivity index (χ1n) is 6.84. The second-order valence-corrected chi connectivity index (χ2v) is 8.13. The van der Waals surface area contributed by atoms with E-state index in [2.05, 4.69) is 31.2 Å². The van der Waals surface area contributed by atoms with Gasteiger partial charge in [0.05, 0.1) is 11.3 Å². The van der Waals surface area contributed by atoms with E-state index in [1.54, 1.807) is 6.07 Å². The Labute approximate surface area is 142 Å². The fourth-order valence-electron chi connectivity index (χ4n) is 2.13. The predicted octanol–water partition coefficient (Wildman–Crippen LogP) is 3.11. The van der Waals surface area contributed by atoms with Crippen LogP contribution < -0.4 is 5.32 Å². The molecule has 0 fully saturated rings. The lowest BCUT2D eigenvalue weighted by Gasteiger charge is -2.03. The van der Waals surface area contributed by atoms with Gasteiger partial charge in [-0.1, -0.05) is 0 Å². The summed E-state index contributed by atoms with van der Waals surface area (Å²) in [6.07, 6.45) is 2.71. The van der Waals surface area contributed by atoms with E-state index in [0.717, 1.165) is 21.1 Å². The molecule has 1 N–H and O–H groups in total. The lowest BCUT2D eigenvalue weighted by atomic mass is 10.1. The number of hydrogen-bond acceptors (Lipinski definition) is 6. The Bertz CT molecular complexity index is 954. The summed E-state index contributed by atoms with van der Waals surface area (Å²) < 4.78 is 28.7. The fraction of sp³-hybridized carbons (Fsp3) is 0.200. The van der Waals surface area contributed by atoms with Crippen molar-refractivity contribution in [1.29, 1.82) is 0 Å². The molecule has 0 atom stereocenters. The zero-order valence-corrected chi connectivity index (χ0v) is 14.7. The average Bonchev–Trinajstić information content (AvgIpc) is 2.95. The zero-order chi connectivity index (χ0) is 16.4. The number of rotatable bonds is 5. The third-order valence-electron chi connectivity index (χ3n) is 3.25. The van der Waals surface area contributed by atoms with Crippen LogP contribution in [0.1, 0.15) is 0 Å².